The van der Waals surface area contributed by atoms with Crippen LogP contribution in [0.15, 0.2) is 47.8 Å². The third kappa shape index (κ3) is 4.09. The van der Waals surface area contributed by atoms with Gasteiger partial charge in [0.25, 0.3) is 0 Å². The molecule has 128 valence electrons. The van der Waals surface area contributed by atoms with Crippen molar-refractivity contribution in [3.8, 4) is 0 Å². The Morgan fingerprint density at radius 1 is 1.36 bits per heavy atom. The summed E-state index contributed by atoms with van der Waals surface area (Å²) in [5.74, 6) is -0.0811. The molecule has 1 unspecified atom stereocenters. The van der Waals surface area contributed by atoms with Crippen LogP contribution in [0.5, 0.6) is 0 Å². The highest BCUT2D eigenvalue weighted by Crippen LogP contribution is 2.22. The zero-order valence-corrected chi connectivity index (χ0v) is 14.2. The lowest BCUT2D eigenvalue weighted by Gasteiger charge is -2.21. The minimum Gasteiger partial charge on any atom is -0.326 e. The molecule has 1 aliphatic rings. The summed E-state index contributed by atoms with van der Waals surface area (Å²) in [7, 11) is 0. The minimum atomic E-state index is -0.0872. The summed E-state index contributed by atoms with van der Waals surface area (Å²) in [6, 6.07) is 9.39. The second-order valence-electron chi connectivity index (χ2n) is 6.25. The number of benzene rings is 1. The number of hydrazone groups is 1. The SMILES string of the molecule is Cc1cc(NC(=O)Cc2cccnc2)ccc1C1=NNC(=O)CC1C. The molecule has 0 saturated carbocycles. The highest BCUT2D eigenvalue weighted by Gasteiger charge is 2.22. The van der Waals surface area contributed by atoms with Crippen molar-refractivity contribution in [2.24, 2.45) is 11.0 Å². The van der Waals surface area contributed by atoms with Gasteiger partial charge in [-0.05, 0) is 36.2 Å². The smallest absolute Gasteiger partial charge is 0.240 e. The quantitative estimate of drug-likeness (QED) is 0.899. The third-order valence-corrected chi connectivity index (χ3v) is 4.13. The van der Waals surface area contributed by atoms with Crippen molar-refractivity contribution in [2.45, 2.75) is 26.7 Å². The van der Waals surface area contributed by atoms with Gasteiger partial charge in [0.1, 0.15) is 0 Å². The fourth-order valence-corrected chi connectivity index (χ4v) is 2.90. The van der Waals surface area contributed by atoms with Crippen LogP contribution in [0.2, 0.25) is 0 Å². The Morgan fingerprint density at radius 3 is 2.88 bits per heavy atom. The first-order valence-corrected chi connectivity index (χ1v) is 8.19. The van der Waals surface area contributed by atoms with E-state index in [4.69, 9.17) is 0 Å². The molecule has 6 nitrogen and oxygen atoms in total. The van der Waals surface area contributed by atoms with E-state index >= 15 is 0 Å². The molecule has 1 aromatic heterocycles. The largest absolute Gasteiger partial charge is 0.326 e. The number of pyridine rings is 1. The van der Waals surface area contributed by atoms with E-state index in [9.17, 15) is 9.59 Å². The summed E-state index contributed by atoms with van der Waals surface area (Å²) in [6.07, 6.45) is 4.08. The first-order chi connectivity index (χ1) is 12.0. The number of hydrogen-bond acceptors (Lipinski definition) is 4. The predicted molar refractivity (Wildman–Crippen MR) is 96.2 cm³/mol. The van der Waals surface area contributed by atoms with E-state index in [2.05, 4.69) is 20.8 Å². The van der Waals surface area contributed by atoms with E-state index in [1.807, 2.05) is 44.2 Å². The van der Waals surface area contributed by atoms with Gasteiger partial charge in [-0.2, -0.15) is 5.10 Å². The van der Waals surface area contributed by atoms with E-state index in [1.54, 1.807) is 12.4 Å². The van der Waals surface area contributed by atoms with Crippen LogP contribution in [0.25, 0.3) is 0 Å². The lowest BCUT2D eigenvalue weighted by molar-refractivity contribution is -0.122. The molecule has 0 bridgehead atoms. The molecule has 25 heavy (non-hydrogen) atoms. The van der Waals surface area contributed by atoms with Gasteiger partial charge in [-0.1, -0.05) is 19.1 Å². The van der Waals surface area contributed by atoms with Gasteiger partial charge in [-0.15, -0.1) is 0 Å². The Balaban J connectivity index is 1.72. The summed E-state index contributed by atoms with van der Waals surface area (Å²) in [5.41, 5.74) is 7.00. The second kappa shape index (κ2) is 7.25. The van der Waals surface area contributed by atoms with Crippen molar-refractivity contribution < 1.29 is 9.59 Å². The fourth-order valence-electron chi connectivity index (χ4n) is 2.90. The lowest BCUT2D eigenvalue weighted by Crippen LogP contribution is -2.32. The monoisotopic (exact) mass is 336 g/mol. The van der Waals surface area contributed by atoms with Crippen LogP contribution in [0.3, 0.4) is 0 Å². The molecule has 0 spiro atoms. The van der Waals surface area contributed by atoms with Gasteiger partial charge in [0, 0.05) is 36.0 Å². The molecule has 0 radical (unpaired) electrons. The molecule has 3 rings (SSSR count). The van der Waals surface area contributed by atoms with E-state index in [-0.39, 0.29) is 24.2 Å². The average Bonchev–Trinajstić information content (AvgIpc) is 2.57. The van der Waals surface area contributed by atoms with Gasteiger partial charge in [0.2, 0.25) is 11.8 Å². The molecule has 2 N–H and O–H groups in total. The maximum Gasteiger partial charge on any atom is 0.240 e. The maximum absolute atomic E-state index is 12.2. The predicted octanol–water partition coefficient (Wildman–Crippen LogP) is 2.43. The van der Waals surface area contributed by atoms with Crippen molar-refractivity contribution in [2.75, 3.05) is 5.32 Å². The zero-order chi connectivity index (χ0) is 17.8. The molecule has 0 aliphatic carbocycles. The molecule has 0 saturated heterocycles. The van der Waals surface area contributed by atoms with Crippen molar-refractivity contribution >= 4 is 23.2 Å². The minimum absolute atomic E-state index is 0.0619. The van der Waals surface area contributed by atoms with Crippen LogP contribution >= 0.6 is 0 Å². The number of anilines is 1. The molecule has 2 aromatic rings. The van der Waals surface area contributed by atoms with Gasteiger partial charge in [-0.3, -0.25) is 14.6 Å². The van der Waals surface area contributed by atoms with Crippen LogP contribution in [0.1, 0.15) is 30.0 Å². The molecule has 1 aromatic carbocycles. The number of aryl methyl sites for hydroxylation is 1. The van der Waals surface area contributed by atoms with Crippen LogP contribution < -0.4 is 10.7 Å². The van der Waals surface area contributed by atoms with Crippen LogP contribution in [0, 0.1) is 12.8 Å². The third-order valence-electron chi connectivity index (χ3n) is 4.13. The number of carbonyl (C=O) groups excluding carboxylic acids is 2. The van der Waals surface area contributed by atoms with Gasteiger partial charge in [-0.25, -0.2) is 5.43 Å². The number of nitrogens with one attached hydrogen (secondary N) is 2. The van der Waals surface area contributed by atoms with Crippen LogP contribution in [-0.2, 0) is 16.0 Å². The lowest BCUT2D eigenvalue weighted by atomic mass is 9.91. The number of aromatic nitrogens is 1. The Bertz CT molecular complexity index is 831. The van der Waals surface area contributed by atoms with Gasteiger partial charge in [0.15, 0.2) is 0 Å². The Morgan fingerprint density at radius 2 is 2.20 bits per heavy atom. The molecule has 1 atom stereocenters. The highest BCUT2D eigenvalue weighted by molar-refractivity contribution is 6.07. The van der Waals surface area contributed by atoms with E-state index < -0.39 is 0 Å². The molecular formula is C19H20N4O2. The van der Waals surface area contributed by atoms with Gasteiger partial charge >= 0.3 is 0 Å². The van der Waals surface area contributed by atoms with Crippen molar-refractivity contribution in [3.05, 3.63) is 59.4 Å². The summed E-state index contributed by atoms with van der Waals surface area (Å²) >= 11 is 0. The number of carbonyl (C=O) groups is 2. The Kier molecular flexibility index (Phi) is 4.88. The van der Waals surface area contributed by atoms with E-state index in [1.165, 1.54) is 0 Å². The van der Waals surface area contributed by atoms with Crippen molar-refractivity contribution in [3.63, 3.8) is 0 Å². The Hall–Kier alpha value is -3.02. The normalized spacial score (nSPS) is 16.8. The van der Waals surface area contributed by atoms with Crippen molar-refractivity contribution in [1.29, 1.82) is 0 Å². The highest BCUT2D eigenvalue weighted by atomic mass is 16.2. The summed E-state index contributed by atoms with van der Waals surface area (Å²) in [5, 5.41) is 7.10. The Labute approximate surface area is 146 Å². The zero-order valence-electron chi connectivity index (χ0n) is 14.2. The molecular weight excluding hydrogens is 316 g/mol. The number of hydrogen-bond donors (Lipinski definition) is 2. The summed E-state index contributed by atoms with van der Waals surface area (Å²) in [6.45, 7) is 3.96. The number of amides is 2. The van der Waals surface area contributed by atoms with Gasteiger partial charge in [0.05, 0.1) is 12.1 Å². The molecule has 2 heterocycles. The van der Waals surface area contributed by atoms with Crippen LogP contribution in [-0.4, -0.2) is 22.5 Å². The van der Waals surface area contributed by atoms with Crippen LogP contribution in [0.4, 0.5) is 5.69 Å². The standard InChI is InChI=1S/C19H20N4O2/c1-12-8-15(21-17(24)10-14-4-3-7-20-11-14)5-6-16(12)19-13(2)9-18(25)22-23-19/h3-8,11,13H,9-10H2,1-2H3,(H,21,24)(H,22,25). The first-order valence-electron chi connectivity index (χ1n) is 8.19. The van der Waals surface area contributed by atoms with E-state index in [0.717, 1.165) is 28.1 Å². The molecule has 1 aliphatic heterocycles. The number of rotatable bonds is 4. The number of nitrogens with zero attached hydrogens (tertiary/aromatic N) is 2. The maximum atomic E-state index is 12.2. The topological polar surface area (TPSA) is 83.4 Å². The molecule has 2 amide bonds. The summed E-state index contributed by atoms with van der Waals surface area (Å²) in [4.78, 5) is 27.6. The van der Waals surface area contributed by atoms with E-state index in [0.29, 0.717) is 6.42 Å². The molecule has 0 fully saturated rings. The second-order valence-corrected chi connectivity index (χ2v) is 6.25. The summed E-state index contributed by atoms with van der Waals surface area (Å²) < 4.78 is 0. The molecule has 6 heteroatoms. The first kappa shape index (κ1) is 16.8. The van der Waals surface area contributed by atoms with Crippen molar-refractivity contribution in [1.82, 2.24) is 10.4 Å². The van der Waals surface area contributed by atoms with Gasteiger partial charge < -0.3 is 5.32 Å². The fraction of sp³-hybridized carbons (Fsp3) is 0.263. The average molecular weight is 336 g/mol.